The van der Waals surface area contributed by atoms with Gasteiger partial charge in [0.1, 0.15) is 0 Å². The Labute approximate surface area is 142 Å². The van der Waals surface area contributed by atoms with Gasteiger partial charge in [0.15, 0.2) is 0 Å². The summed E-state index contributed by atoms with van der Waals surface area (Å²) in [6.07, 6.45) is 0. The van der Waals surface area contributed by atoms with E-state index < -0.39 is 11.9 Å². The normalized spacial score (nSPS) is 10.6. The lowest BCUT2D eigenvalue weighted by molar-refractivity contribution is -0.122. The molecule has 0 heterocycles. The minimum Gasteiger partial charge on any atom is -0.338 e. The largest absolute Gasteiger partial charge is 0.338 e. The number of carbonyl (C=O) groups is 3. The Hall–Kier alpha value is -2.41. The minimum absolute atomic E-state index is 0.0452. The third-order valence-electron chi connectivity index (χ3n) is 3.09. The summed E-state index contributed by atoms with van der Waals surface area (Å²) >= 11 is 0. The summed E-state index contributed by atoms with van der Waals surface area (Å²) in [7, 11) is 1.64. The van der Waals surface area contributed by atoms with Crippen molar-refractivity contribution in [2.45, 2.75) is 20.8 Å². The number of rotatable bonds is 7. The average molecular weight is 334 g/mol. The van der Waals surface area contributed by atoms with Gasteiger partial charge in [-0.15, -0.1) is 0 Å². The van der Waals surface area contributed by atoms with E-state index in [4.69, 9.17) is 0 Å². The Morgan fingerprint density at radius 2 is 1.62 bits per heavy atom. The molecule has 1 aromatic rings. The Morgan fingerprint density at radius 1 is 1.04 bits per heavy atom. The fourth-order valence-corrected chi connectivity index (χ4v) is 1.89. The van der Waals surface area contributed by atoms with Crippen LogP contribution >= 0.6 is 0 Å². The van der Waals surface area contributed by atoms with Crippen molar-refractivity contribution in [3.63, 3.8) is 0 Å². The van der Waals surface area contributed by atoms with E-state index in [1.165, 1.54) is 4.90 Å². The number of carbonyl (C=O) groups excluding carboxylic acids is 3. The number of likely N-dealkylation sites (N-methyl/N-ethyl adjacent to an activating group) is 1. The summed E-state index contributed by atoms with van der Waals surface area (Å²) in [6, 6.07) is 6.93. The molecule has 7 nitrogen and oxygen atoms in total. The van der Waals surface area contributed by atoms with Crippen molar-refractivity contribution in [1.29, 1.82) is 0 Å². The van der Waals surface area contributed by atoms with Crippen molar-refractivity contribution < 1.29 is 14.4 Å². The van der Waals surface area contributed by atoms with Crippen LogP contribution in [0, 0.1) is 12.8 Å². The second-order valence-corrected chi connectivity index (χ2v) is 6.24. The van der Waals surface area contributed by atoms with Gasteiger partial charge in [-0.3, -0.25) is 19.8 Å². The third-order valence-corrected chi connectivity index (χ3v) is 3.09. The van der Waals surface area contributed by atoms with Crippen LogP contribution in [0.1, 0.15) is 19.4 Å². The van der Waals surface area contributed by atoms with Gasteiger partial charge >= 0.3 is 6.03 Å². The number of imide groups is 1. The molecule has 7 heteroatoms. The first kappa shape index (κ1) is 19.6. The monoisotopic (exact) mass is 334 g/mol. The molecular formula is C17H26N4O3. The maximum atomic E-state index is 11.9. The molecule has 1 aromatic carbocycles. The van der Waals surface area contributed by atoms with Gasteiger partial charge in [0.05, 0.1) is 13.1 Å². The van der Waals surface area contributed by atoms with Crippen molar-refractivity contribution in [3.05, 3.63) is 29.8 Å². The molecule has 132 valence electrons. The summed E-state index contributed by atoms with van der Waals surface area (Å²) in [5.74, 6) is -0.376. The number of anilines is 1. The van der Waals surface area contributed by atoms with Gasteiger partial charge in [0.25, 0.3) is 0 Å². The predicted octanol–water partition coefficient (Wildman–Crippen LogP) is 1.35. The van der Waals surface area contributed by atoms with Crippen molar-refractivity contribution in [2.24, 2.45) is 5.92 Å². The van der Waals surface area contributed by atoms with Crippen LogP contribution in [0.5, 0.6) is 0 Å². The second kappa shape index (κ2) is 9.67. The molecule has 0 aliphatic rings. The zero-order valence-electron chi connectivity index (χ0n) is 14.7. The number of nitrogens with zero attached hydrogens (tertiary/aromatic N) is 1. The molecule has 1 rings (SSSR count). The Kier molecular flexibility index (Phi) is 7.91. The molecule has 0 fully saturated rings. The SMILES string of the molecule is Cc1ccc(NC(=O)CN(C)CC(=O)NC(=O)NCC(C)C)cc1. The molecular weight excluding hydrogens is 308 g/mol. The van der Waals surface area contributed by atoms with Crippen molar-refractivity contribution in [3.8, 4) is 0 Å². The van der Waals surface area contributed by atoms with Crippen molar-refractivity contribution in [2.75, 3.05) is 32.0 Å². The lowest BCUT2D eigenvalue weighted by Gasteiger charge is -2.16. The van der Waals surface area contributed by atoms with Crippen molar-refractivity contribution in [1.82, 2.24) is 15.5 Å². The Bertz CT molecular complexity index is 570. The van der Waals surface area contributed by atoms with E-state index >= 15 is 0 Å². The maximum absolute atomic E-state index is 11.9. The molecule has 0 saturated carbocycles. The maximum Gasteiger partial charge on any atom is 0.321 e. The summed E-state index contributed by atoms with van der Waals surface area (Å²) in [6.45, 7) is 6.39. The lowest BCUT2D eigenvalue weighted by atomic mass is 10.2. The summed E-state index contributed by atoms with van der Waals surface area (Å²) in [4.78, 5) is 36.7. The van der Waals surface area contributed by atoms with Crippen LogP contribution in [0.3, 0.4) is 0 Å². The van der Waals surface area contributed by atoms with Crippen LogP contribution in [0.4, 0.5) is 10.5 Å². The van der Waals surface area contributed by atoms with Gasteiger partial charge < -0.3 is 10.6 Å². The van der Waals surface area contributed by atoms with E-state index in [-0.39, 0.29) is 19.0 Å². The highest BCUT2D eigenvalue weighted by Crippen LogP contribution is 2.08. The van der Waals surface area contributed by atoms with E-state index in [2.05, 4.69) is 16.0 Å². The molecule has 0 saturated heterocycles. The molecule has 0 aliphatic heterocycles. The molecule has 4 amide bonds. The highest BCUT2D eigenvalue weighted by Gasteiger charge is 2.13. The first-order chi connectivity index (χ1) is 11.3. The van der Waals surface area contributed by atoms with Crippen LogP contribution in [0.2, 0.25) is 0 Å². The summed E-state index contributed by atoms with van der Waals surface area (Å²) in [5.41, 5.74) is 1.81. The minimum atomic E-state index is -0.522. The first-order valence-corrected chi connectivity index (χ1v) is 7.89. The Balaban J connectivity index is 2.32. The highest BCUT2D eigenvalue weighted by molar-refractivity contribution is 5.96. The summed E-state index contributed by atoms with van der Waals surface area (Å²) in [5, 5.41) is 7.58. The molecule has 0 radical (unpaired) electrons. The van der Waals surface area contributed by atoms with E-state index in [1.54, 1.807) is 7.05 Å². The van der Waals surface area contributed by atoms with Gasteiger partial charge in [-0.1, -0.05) is 31.5 Å². The molecule has 0 aromatic heterocycles. The van der Waals surface area contributed by atoms with E-state index in [0.29, 0.717) is 18.2 Å². The van der Waals surface area contributed by atoms with Crippen molar-refractivity contribution >= 4 is 23.5 Å². The Morgan fingerprint density at radius 3 is 2.21 bits per heavy atom. The average Bonchev–Trinajstić information content (AvgIpc) is 2.47. The van der Waals surface area contributed by atoms with E-state index in [0.717, 1.165) is 5.56 Å². The molecule has 0 bridgehead atoms. The zero-order valence-corrected chi connectivity index (χ0v) is 14.7. The fourth-order valence-electron chi connectivity index (χ4n) is 1.89. The predicted molar refractivity (Wildman–Crippen MR) is 93.7 cm³/mol. The van der Waals surface area contributed by atoms with Gasteiger partial charge in [0.2, 0.25) is 11.8 Å². The molecule has 24 heavy (non-hydrogen) atoms. The number of benzene rings is 1. The van der Waals surface area contributed by atoms with Crippen LogP contribution in [0.15, 0.2) is 24.3 Å². The van der Waals surface area contributed by atoms with Crippen LogP contribution in [0.25, 0.3) is 0 Å². The van der Waals surface area contributed by atoms with E-state index in [9.17, 15) is 14.4 Å². The van der Waals surface area contributed by atoms with Gasteiger partial charge in [0, 0.05) is 12.2 Å². The van der Waals surface area contributed by atoms with Gasteiger partial charge in [-0.25, -0.2) is 4.79 Å². The number of nitrogens with one attached hydrogen (secondary N) is 3. The molecule has 0 spiro atoms. The van der Waals surface area contributed by atoms with Gasteiger partial charge in [-0.2, -0.15) is 0 Å². The molecule has 0 atom stereocenters. The summed E-state index contributed by atoms with van der Waals surface area (Å²) < 4.78 is 0. The molecule has 3 N–H and O–H groups in total. The molecule has 0 unspecified atom stereocenters. The van der Waals surface area contributed by atoms with Crippen LogP contribution < -0.4 is 16.0 Å². The van der Waals surface area contributed by atoms with Crippen LogP contribution in [-0.2, 0) is 9.59 Å². The lowest BCUT2D eigenvalue weighted by Crippen LogP contribution is -2.45. The molecule has 0 aliphatic carbocycles. The third kappa shape index (κ3) is 8.28. The smallest absolute Gasteiger partial charge is 0.321 e. The number of aryl methyl sites for hydroxylation is 1. The first-order valence-electron chi connectivity index (χ1n) is 7.89. The number of amides is 4. The highest BCUT2D eigenvalue weighted by atomic mass is 16.2. The second-order valence-electron chi connectivity index (χ2n) is 6.24. The number of urea groups is 1. The quantitative estimate of drug-likeness (QED) is 0.702. The zero-order chi connectivity index (χ0) is 18.1. The topological polar surface area (TPSA) is 90.5 Å². The van der Waals surface area contributed by atoms with Gasteiger partial charge in [-0.05, 0) is 32.0 Å². The number of hydrogen-bond acceptors (Lipinski definition) is 4. The van der Waals surface area contributed by atoms with Crippen LogP contribution in [-0.4, -0.2) is 49.4 Å². The number of hydrogen-bond donors (Lipinski definition) is 3. The standard InChI is InChI=1S/C17H26N4O3/c1-12(2)9-18-17(24)20-16(23)11-21(4)10-15(22)19-14-7-5-13(3)6-8-14/h5-8,12H,9-11H2,1-4H3,(H,19,22)(H2,18,20,23,24). The van der Waals surface area contributed by atoms with E-state index in [1.807, 2.05) is 45.0 Å². The fraction of sp³-hybridized carbons (Fsp3) is 0.471.